The number of hydrogen-bond donors (Lipinski definition) is 0. The number of nitrogens with zero attached hydrogens (tertiary/aromatic N) is 3. The van der Waals surface area contributed by atoms with Gasteiger partial charge in [0.1, 0.15) is 5.75 Å². The Balaban J connectivity index is 1.56. The molecule has 0 bridgehead atoms. The van der Waals surface area contributed by atoms with Crippen molar-refractivity contribution in [3.8, 4) is 5.75 Å². The summed E-state index contributed by atoms with van der Waals surface area (Å²) in [4.78, 5) is 9.28. The molecule has 1 aromatic carbocycles. The van der Waals surface area contributed by atoms with Crippen molar-refractivity contribution in [3.05, 3.63) is 54.4 Å². The second-order valence-corrected chi connectivity index (χ2v) is 8.11. The third kappa shape index (κ3) is 5.91. The minimum atomic E-state index is -4.83. The van der Waals surface area contributed by atoms with E-state index in [2.05, 4.69) is 14.9 Å². The lowest BCUT2D eigenvalue weighted by Gasteiger charge is -2.26. The van der Waals surface area contributed by atoms with Crippen molar-refractivity contribution in [3.63, 3.8) is 0 Å². The van der Waals surface area contributed by atoms with Gasteiger partial charge in [0.25, 0.3) is 0 Å². The first-order valence-corrected chi connectivity index (χ1v) is 10.1. The Kier molecular flexibility index (Phi) is 6.38. The van der Waals surface area contributed by atoms with E-state index in [0.29, 0.717) is 12.8 Å². The predicted octanol–water partition coefficient (Wildman–Crippen LogP) is 3.34. The van der Waals surface area contributed by atoms with Crippen LogP contribution in [0.2, 0.25) is 0 Å². The van der Waals surface area contributed by atoms with E-state index in [0.717, 1.165) is 35.7 Å². The Hall–Kier alpha value is -2.66. The van der Waals surface area contributed by atoms with Gasteiger partial charge in [-0.1, -0.05) is 11.2 Å². The lowest BCUT2D eigenvalue weighted by atomic mass is 10.1. The third-order valence-corrected chi connectivity index (χ3v) is 6.04. The van der Waals surface area contributed by atoms with Gasteiger partial charge in [-0.25, -0.2) is 8.42 Å². The van der Waals surface area contributed by atoms with Gasteiger partial charge in [0.2, 0.25) is 10.0 Å². The lowest BCUT2D eigenvalue weighted by molar-refractivity contribution is -0.274. The fraction of sp³-hybridized carbons (Fsp3) is 0.333. The quantitative estimate of drug-likeness (QED) is 0.658. The van der Waals surface area contributed by atoms with Crippen LogP contribution < -0.4 is 4.74 Å². The minimum absolute atomic E-state index is 0.0983. The van der Waals surface area contributed by atoms with Crippen molar-refractivity contribution in [1.29, 1.82) is 0 Å². The third-order valence-electron chi connectivity index (χ3n) is 4.13. The maximum absolute atomic E-state index is 12.7. The van der Waals surface area contributed by atoms with Gasteiger partial charge in [-0.3, -0.25) is 4.98 Å². The molecule has 0 N–H and O–H groups in total. The van der Waals surface area contributed by atoms with Gasteiger partial charge >= 0.3 is 6.36 Å². The highest BCUT2D eigenvalue weighted by Crippen LogP contribution is 2.26. The number of hydrogen-bond acceptors (Lipinski definition) is 6. The molecular weight excluding hydrogens is 411 g/mol. The summed E-state index contributed by atoms with van der Waals surface area (Å²) in [6.45, 7) is 0.628. The second-order valence-electron chi connectivity index (χ2n) is 6.18. The van der Waals surface area contributed by atoms with Crippen LogP contribution in [0, 0.1) is 0 Å². The fourth-order valence-corrected chi connectivity index (χ4v) is 4.15. The molecular formula is C18H18F3N3O4S. The lowest BCUT2D eigenvalue weighted by Crippen LogP contribution is -2.38. The van der Waals surface area contributed by atoms with E-state index < -0.39 is 22.1 Å². The number of aromatic nitrogens is 1. The maximum atomic E-state index is 12.7. The van der Waals surface area contributed by atoms with Gasteiger partial charge in [0.15, 0.2) is 6.61 Å². The van der Waals surface area contributed by atoms with E-state index in [1.165, 1.54) is 4.31 Å². The van der Waals surface area contributed by atoms with Crippen LogP contribution in [0.5, 0.6) is 5.75 Å². The summed E-state index contributed by atoms with van der Waals surface area (Å²) in [6, 6.07) is 9.57. The standard InChI is InChI=1S/C18H18F3N3O4S/c19-18(20,21)28-16-4-6-17(7-5-16)29(25,26)24-11-8-14(9-12-24)23-27-13-15-3-1-2-10-22-15/h1-7,10H,8-9,11-13H2. The van der Waals surface area contributed by atoms with Crippen LogP contribution in [0.25, 0.3) is 0 Å². The number of rotatable bonds is 6. The fourth-order valence-electron chi connectivity index (χ4n) is 2.71. The SMILES string of the molecule is O=S(=O)(c1ccc(OC(F)(F)F)cc1)N1CCC(=NOCc2ccccn2)CC1. The zero-order valence-electron chi connectivity index (χ0n) is 15.2. The molecule has 2 aromatic rings. The molecule has 2 heterocycles. The average Bonchev–Trinajstić information content (AvgIpc) is 2.68. The molecule has 7 nitrogen and oxygen atoms in total. The van der Waals surface area contributed by atoms with Crippen LogP contribution in [-0.4, -0.2) is 42.9 Å². The molecule has 1 aromatic heterocycles. The molecule has 1 saturated heterocycles. The average molecular weight is 429 g/mol. The number of sulfonamides is 1. The van der Waals surface area contributed by atoms with Crippen molar-refractivity contribution in [2.75, 3.05) is 13.1 Å². The van der Waals surface area contributed by atoms with Gasteiger partial charge < -0.3 is 9.57 Å². The van der Waals surface area contributed by atoms with Crippen LogP contribution >= 0.6 is 0 Å². The van der Waals surface area contributed by atoms with Crippen LogP contribution in [0.4, 0.5) is 13.2 Å². The normalized spacial score (nSPS) is 15.8. The molecule has 1 aliphatic heterocycles. The number of piperidine rings is 1. The highest BCUT2D eigenvalue weighted by Gasteiger charge is 2.32. The van der Waals surface area contributed by atoms with Crippen molar-refractivity contribution >= 4 is 15.7 Å². The van der Waals surface area contributed by atoms with Crippen molar-refractivity contribution in [1.82, 2.24) is 9.29 Å². The summed E-state index contributed by atoms with van der Waals surface area (Å²) >= 11 is 0. The smallest absolute Gasteiger partial charge is 0.406 e. The molecule has 0 unspecified atom stereocenters. The van der Waals surface area contributed by atoms with E-state index in [1.54, 1.807) is 18.3 Å². The largest absolute Gasteiger partial charge is 0.573 e. The number of pyridine rings is 1. The number of ether oxygens (including phenoxy) is 1. The minimum Gasteiger partial charge on any atom is -0.406 e. The maximum Gasteiger partial charge on any atom is 0.573 e. The topological polar surface area (TPSA) is 81.1 Å². The van der Waals surface area contributed by atoms with Crippen LogP contribution in [0.15, 0.2) is 58.7 Å². The molecule has 1 fully saturated rings. The molecule has 0 atom stereocenters. The number of benzene rings is 1. The summed E-state index contributed by atoms with van der Waals surface area (Å²) in [7, 11) is -3.82. The zero-order chi connectivity index (χ0) is 20.9. The first-order valence-electron chi connectivity index (χ1n) is 8.68. The first-order chi connectivity index (χ1) is 13.7. The molecule has 29 heavy (non-hydrogen) atoms. The van der Waals surface area contributed by atoms with Crippen LogP contribution in [0.1, 0.15) is 18.5 Å². The van der Waals surface area contributed by atoms with Crippen molar-refractivity contribution < 1.29 is 31.2 Å². The first kappa shape index (κ1) is 21.1. The summed E-state index contributed by atoms with van der Waals surface area (Å²) in [5.74, 6) is -0.477. The molecule has 0 amide bonds. The summed E-state index contributed by atoms with van der Waals surface area (Å²) < 4.78 is 67.0. The van der Waals surface area contributed by atoms with Gasteiger partial charge in [-0.05, 0) is 36.4 Å². The molecule has 0 aliphatic carbocycles. The van der Waals surface area contributed by atoms with E-state index in [9.17, 15) is 21.6 Å². The number of alkyl halides is 3. The van der Waals surface area contributed by atoms with Crippen LogP contribution in [0.3, 0.4) is 0 Å². The second kappa shape index (κ2) is 8.78. The monoisotopic (exact) mass is 429 g/mol. The molecule has 11 heteroatoms. The predicted molar refractivity (Wildman–Crippen MR) is 97.6 cm³/mol. The van der Waals surface area contributed by atoms with E-state index in [-0.39, 0.29) is 24.6 Å². The highest BCUT2D eigenvalue weighted by molar-refractivity contribution is 7.89. The summed E-state index contributed by atoms with van der Waals surface area (Å²) in [5, 5.41) is 4.05. The number of halogens is 3. The van der Waals surface area contributed by atoms with Gasteiger partial charge in [-0.2, -0.15) is 4.31 Å². The molecule has 3 rings (SSSR count). The van der Waals surface area contributed by atoms with E-state index in [1.807, 2.05) is 6.07 Å². The highest BCUT2D eigenvalue weighted by atomic mass is 32.2. The molecule has 1 aliphatic rings. The molecule has 0 radical (unpaired) electrons. The van der Waals surface area contributed by atoms with Crippen molar-refractivity contribution in [2.45, 2.75) is 30.7 Å². The molecule has 0 saturated carbocycles. The van der Waals surface area contributed by atoms with Gasteiger partial charge in [-0.15, -0.1) is 13.2 Å². The van der Waals surface area contributed by atoms with Gasteiger partial charge in [0, 0.05) is 32.1 Å². The van der Waals surface area contributed by atoms with E-state index >= 15 is 0 Å². The molecule has 0 spiro atoms. The van der Waals surface area contributed by atoms with Gasteiger partial charge in [0.05, 0.1) is 16.3 Å². The van der Waals surface area contributed by atoms with E-state index in [4.69, 9.17) is 4.84 Å². The summed E-state index contributed by atoms with van der Waals surface area (Å²) in [6.07, 6.45) is -2.38. The Morgan fingerprint density at radius 2 is 1.76 bits per heavy atom. The number of oxime groups is 1. The Labute approximate surface area is 165 Å². The summed E-state index contributed by atoms with van der Waals surface area (Å²) in [5.41, 5.74) is 1.47. The Morgan fingerprint density at radius 1 is 1.07 bits per heavy atom. The van der Waals surface area contributed by atoms with Crippen LogP contribution in [-0.2, 0) is 21.5 Å². The Bertz CT molecular complexity index is 939. The Morgan fingerprint density at radius 3 is 2.34 bits per heavy atom. The van der Waals surface area contributed by atoms with Crippen molar-refractivity contribution in [2.24, 2.45) is 5.16 Å². The zero-order valence-corrected chi connectivity index (χ0v) is 16.0. The molecule has 156 valence electrons.